The average molecular weight is 395 g/mol. The fourth-order valence-corrected chi connectivity index (χ4v) is 3.63. The number of fused-ring (bicyclic) bond motifs is 1. The molecule has 0 radical (unpaired) electrons. The van der Waals surface area contributed by atoms with Crippen LogP contribution in [0.25, 0.3) is 11.7 Å². The first-order valence-corrected chi connectivity index (χ1v) is 9.92. The van der Waals surface area contributed by atoms with E-state index in [1.807, 2.05) is 11.4 Å². The summed E-state index contributed by atoms with van der Waals surface area (Å²) in [7, 11) is 0. The monoisotopic (exact) mass is 395 g/mol. The second-order valence-corrected chi connectivity index (χ2v) is 7.61. The third-order valence-electron chi connectivity index (χ3n) is 4.56. The molecule has 2 amide bonds. The molecule has 3 aromatic rings. The quantitative estimate of drug-likeness (QED) is 0.431. The number of carbonyl (C=O) groups excluding carboxylic acids is 2. The van der Waals surface area contributed by atoms with Crippen molar-refractivity contribution >= 4 is 46.8 Å². The van der Waals surface area contributed by atoms with E-state index in [2.05, 4.69) is 36.4 Å². The van der Waals surface area contributed by atoms with Crippen LogP contribution in [-0.4, -0.2) is 37.4 Å². The van der Waals surface area contributed by atoms with E-state index in [1.165, 1.54) is 0 Å². The molecule has 0 unspecified atom stereocenters. The van der Waals surface area contributed by atoms with Crippen LogP contribution in [0.3, 0.4) is 0 Å². The van der Waals surface area contributed by atoms with Crippen molar-refractivity contribution in [2.75, 3.05) is 10.6 Å². The lowest BCUT2D eigenvalue weighted by Crippen LogP contribution is -2.19. The molecule has 1 aliphatic carbocycles. The first kappa shape index (κ1) is 16.9. The summed E-state index contributed by atoms with van der Waals surface area (Å²) in [5.74, 6) is 0.424. The first-order chi connectivity index (χ1) is 13.7. The first-order valence-electron chi connectivity index (χ1n) is 8.98. The SMILES string of the molecule is O=C1C/C(=C\c2cnn3c(NC4CC4)nc(NCc4ccsc4)nc23)C(=O)N1. The summed E-state index contributed by atoms with van der Waals surface area (Å²) in [4.78, 5) is 32.5. The molecule has 3 N–H and O–H groups in total. The van der Waals surface area contributed by atoms with Crippen molar-refractivity contribution in [3.63, 3.8) is 0 Å². The maximum Gasteiger partial charge on any atom is 0.254 e. The molecule has 10 heteroatoms. The fourth-order valence-electron chi connectivity index (χ4n) is 2.96. The van der Waals surface area contributed by atoms with Crippen LogP contribution in [0.15, 0.2) is 28.6 Å². The molecule has 142 valence electrons. The maximum absolute atomic E-state index is 11.9. The van der Waals surface area contributed by atoms with Gasteiger partial charge in [-0.15, -0.1) is 0 Å². The number of imide groups is 1. The topological polar surface area (TPSA) is 113 Å². The predicted octanol–water partition coefficient (Wildman–Crippen LogP) is 1.80. The Hall–Kier alpha value is -3.27. The molecular weight excluding hydrogens is 378 g/mol. The fraction of sp³-hybridized carbons (Fsp3) is 0.278. The van der Waals surface area contributed by atoms with Gasteiger partial charge in [0.15, 0.2) is 5.65 Å². The van der Waals surface area contributed by atoms with Gasteiger partial charge in [0.05, 0.1) is 12.6 Å². The summed E-state index contributed by atoms with van der Waals surface area (Å²) in [6.07, 6.45) is 5.57. The molecule has 5 rings (SSSR count). The van der Waals surface area contributed by atoms with E-state index < -0.39 is 0 Å². The zero-order chi connectivity index (χ0) is 19.1. The summed E-state index contributed by atoms with van der Waals surface area (Å²) >= 11 is 1.64. The largest absolute Gasteiger partial charge is 0.351 e. The van der Waals surface area contributed by atoms with Gasteiger partial charge < -0.3 is 10.6 Å². The number of carbonyl (C=O) groups is 2. The van der Waals surface area contributed by atoms with E-state index in [0.29, 0.717) is 41.3 Å². The minimum atomic E-state index is -0.370. The van der Waals surface area contributed by atoms with Gasteiger partial charge in [0.25, 0.3) is 5.91 Å². The van der Waals surface area contributed by atoms with Crippen molar-refractivity contribution in [2.45, 2.75) is 31.8 Å². The number of hydrogen-bond acceptors (Lipinski definition) is 8. The third-order valence-corrected chi connectivity index (χ3v) is 5.29. The highest BCUT2D eigenvalue weighted by atomic mass is 32.1. The highest BCUT2D eigenvalue weighted by Gasteiger charge is 2.26. The lowest BCUT2D eigenvalue weighted by Gasteiger charge is -2.10. The molecule has 0 aromatic carbocycles. The van der Waals surface area contributed by atoms with E-state index in [-0.39, 0.29) is 18.2 Å². The van der Waals surface area contributed by atoms with Gasteiger partial charge in [-0.1, -0.05) is 0 Å². The summed E-state index contributed by atoms with van der Waals surface area (Å²) < 4.78 is 1.63. The van der Waals surface area contributed by atoms with E-state index in [0.717, 1.165) is 18.4 Å². The molecule has 3 aromatic heterocycles. The van der Waals surface area contributed by atoms with Gasteiger partial charge in [-0.05, 0) is 41.3 Å². The minimum Gasteiger partial charge on any atom is -0.351 e. The molecule has 2 fully saturated rings. The molecule has 1 saturated heterocycles. The Morgan fingerprint density at radius 1 is 1.32 bits per heavy atom. The minimum absolute atomic E-state index is 0.0672. The van der Waals surface area contributed by atoms with Crippen molar-refractivity contribution in [1.82, 2.24) is 24.9 Å². The molecule has 2 aliphatic rings. The lowest BCUT2D eigenvalue weighted by molar-refractivity contribution is -0.124. The van der Waals surface area contributed by atoms with E-state index >= 15 is 0 Å². The third kappa shape index (κ3) is 3.33. The number of amides is 2. The number of nitrogens with one attached hydrogen (secondary N) is 3. The molecule has 1 saturated carbocycles. The van der Waals surface area contributed by atoms with Gasteiger partial charge in [-0.3, -0.25) is 14.9 Å². The van der Waals surface area contributed by atoms with Gasteiger partial charge in [-0.2, -0.15) is 30.9 Å². The summed E-state index contributed by atoms with van der Waals surface area (Å²) in [6.45, 7) is 0.615. The normalized spacial score (nSPS) is 18.1. The summed E-state index contributed by atoms with van der Waals surface area (Å²) in [5.41, 5.74) is 2.80. The van der Waals surface area contributed by atoms with Crippen LogP contribution >= 0.6 is 11.3 Å². The predicted molar refractivity (Wildman–Crippen MR) is 105 cm³/mol. The summed E-state index contributed by atoms with van der Waals surface area (Å²) in [5, 5.41) is 17.4. The average Bonchev–Trinajstić information content (AvgIpc) is 3.05. The summed E-state index contributed by atoms with van der Waals surface area (Å²) in [6, 6.07) is 2.44. The highest BCUT2D eigenvalue weighted by molar-refractivity contribution is 7.07. The Labute approximate surface area is 163 Å². The Morgan fingerprint density at radius 3 is 2.93 bits per heavy atom. The number of rotatable bonds is 6. The van der Waals surface area contributed by atoms with Gasteiger partial charge in [0, 0.05) is 23.7 Å². The Bertz CT molecular complexity index is 1100. The Balaban J connectivity index is 1.52. The maximum atomic E-state index is 11.9. The van der Waals surface area contributed by atoms with Crippen molar-refractivity contribution in [3.8, 4) is 0 Å². The van der Waals surface area contributed by atoms with Crippen LogP contribution in [-0.2, 0) is 16.1 Å². The van der Waals surface area contributed by atoms with Gasteiger partial charge in [-0.25, -0.2) is 0 Å². The van der Waals surface area contributed by atoms with Gasteiger partial charge in [0.2, 0.25) is 17.8 Å². The number of thiophene rings is 1. The number of anilines is 2. The zero-order valence-corrected chi connectivity index (χ0v) is 15.6. The van der Waals surface area contributed by atoms with Crippen LogP contribution < -0.4 is 16.0 Å². The molecule has 0 spiro atoms. The molecule has 1 aliphatic heterocycles. The highest BCUT2D eigenvalue weighted by Crippen LogP contribution is 2.26. The zero-order valence-electron chi connectivity index (χ0n) is 14.8. The number of nitrogens with zero attached hydrogens (tertiary/aromatic N) is 4. The number of hydrogen-bond donors (Lipinski definition) is 3. The van der Waals surface area contributed by atoms with Crippen molar-refractivity contribution < 1.29 is 9.59 Å². The molecule has 9 nitrogen and oxygen atoms in total. The van der Waals surface area contributed by atoms with Gasteiger partial charge in [0.1, 0.15) is 0 Å². The second kappa shape index (κ2) is 6.71. The van der Waals surface area contributed by atoms with E-state index in [9.17, 15) is 9.59 Å². The Morgan fingerprint density at radius 2 is 2.21 bits per heavy atom. The van der Waals surface area contributed by atoms with Gasteiger partial charge >= 0.3 is 0 Å². The molecule has 0 bridgehead atoms. The lowest BCUT2D eigenvalue weighted by atomic mass is 10.1. The van der Waals surface area contributed by atoms with Crippen molar-refractivity contribution in [1.29, 1.82) is 0 Å². The molecule has 28 heavy (non-hydrogen) atoms. The van der Waals surface area contributed by atoms with Crippen molar-refractivity contribution in [2.24, 2.45) is 0 Å². The van der Waals surface area contributed by atoms with Crippen LogP contribution in [0.2, 0.25) is 0 Å². The van der Waals surface area contributed by atoms with Crippen LogP contribution in [0, 0.1) is 0 Å². The molecule has 4 heterocycles. The van der Waals surface area contributed by atoms with Crippen molar-refractivity contribution in [3.05, 3.63) is 39.7 Å². The van der Waals surface area contributed by atoms with Crippen LogP contribution in [0.4, 0.5) is 11.9 Å². The number of aromatic nitrogens is 4. The molecule has 0 atom stereocenters. The van der Waals surface area contributed by atoms with Crippen LogP contribution in [0.5, 0.6) is 0 Å². The van der Waals surface area contributed by atoms with E-state index in [1.54, 1.807) is 28.1 Å². The smallest absolute Gasteiger partial charge is 0.254 e. The molecular formula is C18H17N7O2S. The van der Waals surface area contributed by atoms with E-state index in [4.69, 9.17) is 0 Å². The Kier molecular flexibility index (Phi) is 4.05. The van der Waals surface area contributed by atoms with Crippen LogP contribution in [0.1, 0.15) is 30.4 Å². The second-order valence-electron chi connectivity index (χ2n) is 6.83. The standard InChI is InChI=1S/C18H17N7O2S/c26-14-6-11(16(27)22-14)5-12-8-20-25-15(12)23-17(19-7-10-3-4-28-9-10)24-18(25)21-13-1-2-13/h3-5,8-9,13H,1-2,6-7H2,(H,22,26,27)(H2,19,21,23,24)/b11-5+.